The van der Waals surface area contributed by atoms with E-state index in [-0.39, 0.29) is 23.2 Å². The fourth-order valence-corrected chi connectivity index (χ4v) is 2.91. The number of anilines is 1. The van der Waals surface area contributed by atoms with Crippen molar-refractivity contribution in [3.63, 3.8) is 0 Å². The molecule has 0 aliphatic carbocycles. The smallest absolute Gasteiger partial charge is 0.338 e. The molecule has 0 aromatic heterocycles. The van der Waals surface area contributed by atoms with E-state index in [4.69, 9.17) is 10.00 Å². The molecule has 0 bridgehead atoms. The van der Waals surface area contributed by atoms with Crippen molar-refractivity contribution in [2.24, 2.45) is 0 Å². The van der Waals surface area contributed by atoms with Crippen LogP contribution in [0.15, 0.2) is 55.1 Å². The first-order chi connectivity index (χ1) is 14.3. The van der Waals surface area contributed by atoms with Crippen LogP contribution in [-0.2, 0) is 9.53 Å². The number of hydrogen-bond donors (Lipinski definition) is 1. The Morgan fingerprint density at radius 2 is 1.93 bits per heavy atom. The molecular weight excluding hydrogens is 386 g/mol. The van der Waals surface area contributed by atoms with Crippen molar-refractivity contribution < 1.29 is 23.9 Å². The van der Waals surface area contributed by atoms with Crippen molar-refractivity contribution in [1.29, 1.82) is 5.26 Å². The van der Waals surface area contributed by atoms with E-state index in [0.29, 0.717) is 11.3 Å². The predicted octanol–water partition coefficient (Wildman–Crippen LogP) is 2.52. The van der Waals surface area contributed by atoms with Gasteiger partial charge in [0.1, 0.15) is 0 Å². The predicted molar refractivity (Wildman–Crippen MR) is 107 cm³/mol. The second-order valence-corrected chi connectivity index (χ2v) is 6.50. The van der Waals surface area contributed by atoms with Crippen molar-refractivity contribution in [2.75, 3.05) is 11.9 Å². The van der Waals surface area contributed by atoms with Gasteiger partial charge in [0, 0.05) is 12.2 Å². The zero-order valence-electron chi connectivity index (χ0n) is 16.0. The van der Waals surface area contributed by atoms with Crippen LogP contribution >= 0.6 is 0 Å². The van der Waals surface area contributed by atoms with Crippen LogP contribution in [-0.4, -0.2) is 41.2 Å². The number of rotatable bonds is 6. The summed E-state index contributed by atoms with van der Waals surface area (Å²) in [6.45, 7) is 4.98. The second-order valence-electron chi connectivity index (χ2n) is 6.50. The Balaban J connectivity index is 1.70. The van der Waals surface area contributed by atoms with Gasteiger partial charge in [-0.1, -0.05) is 12.1 Å². The number of ether oxygens (including phenoxy) is 1. The number of nitrogens with zero attached hydrogens (tertiary/aromatic N) is 2. The molecule has 3 amide bonds. The summed E-state index contributed by atoms with van der Waals surface area (Å²) in [5, 5.41) is 11.5. The summed E-state index contributed by atoms with van der Waals surface area (Å²) in [5.41, 5.74) is 1.11. The molecule has 3 rings (SSSR count). The van der Waals surface area contributed by atoms with Crippen LogP contribution in [0.1, 0.15) is 43.6 Å². The van der Waals surface area contributed by atoms with Crippen molar-refractivity contribution in [1.82, 2.24) is 4.90 Å². The molecular formula is C22H17N3O5. The largest absolute Gasteiger partial charge is 0.449 e. The molecule has 30 heavy (non-hydrogen) atoms. The van der Waals surface area contributed by atoms with Gasteiger partial charge in [-0.05, 0) is 43.3 Å². The molecule has 1 N–H and O–H groups in total. The number of fused-ring (bicyclic) bond motifs is 1. The lowest BCUT2D eigenvalue weighted by Gasteiger charge is -2.14. The van der Waals surface area contributed by atoms with Gasteiger partial charge in [-0.2, -0.15) is 5.26 Å². The summed E-state index contributed by atoms with van der Waals surface area (Å²) in [6, 6.07) is 12.3. The molecule has 0 spiro atoms. The summed E-state index contributed by atoms with van der Waals surface area (Å²) in [6.07, 6.45) is 0.301. The maximum absolute atomic E-state index is 12.4. The zero-order chi connectivity index (χ0) is 21.8. The molecule has 2 aromatic carbocycles. The zero-order valence-corrected chi connectivity index (χ0v) is 16.0. The van der Waals surface area contributed by atoms with Gasteiger partial charge in [0.2, 0.25) is 0 Å². The van der Waals surface area contributed by atoms with E-state index >= 15 is 0 Å². The lowest BCUT2D eigenvalue weighted by molar-refractivity contribution is -0.123. The monoisotopic (exact) mass is 403 g/mol. The maximum atomic E-state index is 12.4. The standard InChI is InChI=1S/C22H17N3O5/c1-3-9-25-20(27)17-8-7-15(11-18(17)21(25)28)22(29)30-13(2)19(26)24-16-6-4-5-14(10-16)12-23/h3-8,10-11,13H,1,9H2,2H3,(H,24,26). The normalized spacial score (nSPS) is 13.3. The molecule has 1 unspecified atom stereocenters. The lowest BCUT2D eigenvalue weighted by Crippen LogP contribution is -2.30. The number of carbonyl (C=O) groups is 4. The number of benzene rings is 2. The van der Waals surface area contributed by atoms with Crippen LogP contribution in [0.25, 0.3) is 0 Å². The Morgan fingerprint density at radius 1 is 1.20 bits per heavy atom. The highest BCUT2D eigenvalue weighted by molar-refractivity contribution is 6.22. The first-order valence-electron chi connectivity index (χ1n) is 8.99. The third-order valence-electron chi connectivity index (χ3n) is 4.43. The van der Waals surface area contributed by atoms with Gasteiger partial charge in [-0.15, -0.1) is 6.58 Å². The molecule has 150 valence electrons. The highest BCUT2D eigenvalue weighted by atomic mass is 16.5. The minimum Gasteiger partial charge on any atom is -0.449 e. The van der Waals surface area contributed by atoms with Gasteiger partial charge in [0.15, 0.2) is 6.10 Å². The molecule has 2 aromatic rings. The topological polar surface area (TPSA) is 117 Å². The van der Waals surface area contributed by atoms with Gasteiger partial charge in [0.05, 0.1) is 28.3 Å². The average Bonchev–Trinajstić information content (AvgIpc) is 2.98. The second kappa shape index (κ2) is 8.41. The first kappa shape index (κ1) is 20.5. The van der Waals surface area contributed by atoms with Gasteiger partial charge in [-0.3, -0.25) is 19.3 Å². The number of amides is 3. The summed E-state index contributed by atoms with van der Waals surface area (Å²) in [4.78, 5) is 50.4. The van der Waals surface area contributed by atoms with E-state index in [1.54, 1.807) is 18.2 Å². The Hall–Kier alpha value is -4.25. The highest BCUT2D eigenvalue weighted by Crippen LogP contribution is 2.24. The molecule has 1 atom stereocenters. The number of imide groups is 1. The SMILES string of the molecule is C=CCN1C(=O)c2ccc(C(=O)OC(C)C(=O)Nc3cccc(C#N)c3)cc2C1=O. The highest BCUT2D eigenvalue weighted by Gasteiger charge is 2.35. The summed E-state index contributed by atoms with van der Waals surface area (Å²) in [5.74, 6) is -2.37. The number of carbonyl (C=O) groups excluding carboxylic acids is 4. The fourth-order valence-electron chi connectivity index (χ4n) is 2.91. The minimum absolute atomic E-state index is 0.0430. The van der Waals surface area contributed by atoms with E-state index in [2.05, 4.69) is 11.9 Å². The first-order valence-corrected chi connectivity index (χ1v) is 8.99. The molecule has 0 saturated carbocycles. The Morgan fingerprint density at radius 3 is 2.63 bits per heavy atom. The van der Waals surface area contributed by atoms with Crippen molar-refractivity contribution in [3.05, 3.63) is 77.4 Å². The molecule has 1 aliphatic rings. The van der Waals surface area contributed by atoms with Crippen LogP contribution in [0.3, 0.4) is 0 Å². The van der Waals surface area contributed by atoms with E-state index in [1.807, 2.05) is 6.07 Å². The molecule has 8 nitrogen and oxygen atoms in total. The lowest BCUT2D eigenvalue weighted by atomic mass is 10.1. The third-order valence-corrected chi connectivity index (χ3v) is 4.43. The number of esters is 1. The number of nitriles is 1. The third kappa shape index (κ3) is 3.95. The van der Waals surface area contributed by atoms with Gasteiger partial charge >= 0.3 is 5.97 Å². The molecule has 1 heterocycles. The van der Waals surface area contributed by atoms with E-state index in [0.717, 1.165) is 4.90 Å². The van der Waals surface area contributed by atoms with E-state index in [1.165, 1.54) is 37.3 Å². The van der Waals surface area contributed by atoms with Crippen LogP contribution in [0.4, 0.5) is 5.69 Å². The van der Waals surface area contributed by atoms with E-state index in [9.17, 15) is 19.2 Å². The van der Waals surface area contributed by atoms with Crippen LogP contribution < -0.4 is 5.32 Å². The van der Waals surface area contributed by atoms with Crippen molar-refractivity contribution in [3.8, 4) is 6.07 Å². The Labute approximate surface area is 172 Å². The van der Waals surface area contributed by atoms with E-state index < -0.39 is 29.8 Å². The fraction of sp³-hybridized carbons (Fsp3) is 0.136. The van der Waals surface area contributed by atoms with Crippen molar-refractivity contribution in [2.45, 2.75) is 13.0 Å². The summed E-state index contributed by atoms with van der Waals surface area (Å²) >= 11 is 0. The molecule has 0 radical (unpaired) electrons. The van der Waals surface area contributed by atoms with Crippen molar-refractivity contribution >= 4 is 29.4 Å². The molecule has 8 heteroatoms. The molecule has 0 fully saturated rings. The minimum atomic E-state index is -1.13. The van der Waals surface area contributed by atoms with Gasteiger partial charge < -0.3 is 10.1 Å². The Bertz CT molecular complexity index is 1120. The average molecular weight is 403 g/mol. The maximum Gasteiger partial charge on any atom is 0.338 e. The summed E-state index contributed by atoms with van der Waals surface area (Å²) in [7, 11) is 0. The summed E-state index contributed by atoms with van der Waals surface area (Å²) < 4.78 is 5.18. The van der Waals surface area contributed by atoms with Crippen LogP contribution in [0, 0.1) is 11.3 Å². The van der Waals surface area contributed by atoms with Gasteiger partial charge in [0.25, 0.3) is 17.7 Å². The van der Waals surface area contributed by atoms with Gasteiger partial charge in [-0.25, -0.2) is 4.79 Å². The number of nitrogens with one attached hydrogen (secondary N) is 1. The Kier molecular flexibility index (Phi) is 5.74. The molecule has 0 saturated heterocycles. The molecule has 1 aliphatic heterocycles. The number of hydrogen-bond acceptors (Lipinski definition) is 6. The van der Waals surface area contributed by atoms with Crippen LogP contribution in [0.5, 0.6) is 0 Å². The quantitative estimate of drug-likeness (QED) is 0.450. The van der Waals surface area contributed by atoms with Crippen LogP contribution in [0.2, 0.25) is 0 Å².